The zero-order valence-electron chi connectivity index (χ0n) is 22.6. The van der Waals surface area contributed by atoms with Crippen molar-refractivity contribution >= 4 is 5.97 Å². The Bertz CT molecular complexity index is 1120. The Labute approximate surface area is 228 Å². The van der Waals surface area contributed by atoms with Crippen LogP contribution < -0.4 is 0 Å². The number of rotatable bonds is 11. The van der Waals surface area contributed by atoms with Crippen molar-refractivity contribution in [2.75, 3.05) is 32.7 Å². The van der Waals surface area contributed by atoms with E-state index in [0.29, 0.717) is 37.5 Å². The largest absolute Gasteiger partial charge is 0.480 e. The molecule has 212 valence electrons. The molecular formula is C30H39F3N4O2. The van der Waals surface area contributed by atoms with Gasteiger partial charge in [0, 0.05) is 32.0 Å². The van der Waals surface area contributed by atoms with Crippen LogP contribution >= 0.6 is 0 Å². The number of aryl methyl sites for hydroxylation is 1. The zero-order chi connectivity index (χ0) is 27.6. The van der Waals surface area contributed by atoms with Gasteiger partial charge < -0.3 is 10.0 Å². The molecule has 6 nitrogen and oxygen atoms in total. The van der Waals surface area contributed by atoms with Crippen molar-refractivity contribution in [3.63, 3.8) is 0 Å². The lowest BCUT2D eigenvalue weighted by molar-refractivity contribution is -0.143. The van der Waals surface area contributed by atoms with Crippen LogP contribution in [0.4, 0.5) is 13.2 Å². The smallest absolute Gasteiger partial charge is 0.320 e. The maximum atomic E-state index is 14.7. The standard InChI is InChI=1S/C30H39F3N4O2/c1-20-5-8-28(35-34-20)30(32,33)12-9-21-10-13-36(14-11-21)17-24-18-37(27(29(38)39)15-22-6-7-22)19-26(24)23-3-2-4-25(31)16-23/h2-5,8,16,21-22,24,26-27H,6-7,9-15,17-19H2,1H3,(H,38,39)/t24-,26+,27+/m0/s1. The molecule has 3 heterocycles. The second kappa shape index (κ2) is 11.9. The van der Waals surface area contributed by atoms with E-state index in [0.717, 1.165) is 50.9 Å². The first-order chi connectivity index (χ1) is 18.7. The number of carbonyl (C=O) groups is 1. The highest BCUT2D eigenvalue weighted by molar-refractivity contribution is 5.73. The molecule has 1 aliphatic carbocycles. The van der Waals surface area contributed by atoms with E-state index in [-0.39, 0.29) is 35.7 Å². The summed E-state index contributed by atoms with van der Waals surface area (Å²) in [6.45, 7) is 5.48. The van der Waals surface area contributed by atoms with Gasteiger partial charge in [-0.15, -0.1) is 5.10 Å². The van der Waals surface area contributed by atoms with Gasteiger partial charge in [-0.3, -0.25) is 9.69 Å². The molecule has 0 spiro atoms. The molecule has 1 aromatic heterocycles. The van der Waals surface area contributed by atoms with Gasteiger partial charge in [0.1, 0.15) is 17.6 Å². The number of piperidine rings is 1. The fourth-order valence-electron chi connectivity index (χ4n) is 6.43. The van der Waals surface area contributed by atoms with E-state index in [4.69, 9.17) is 0 Å². The molecule has 0 amide bonds. The minimum atomic E-state index is -2.98. The number of aromatic nitrogens is 2. The molecule has 39 heavy (non-hydrogen) atoms. The van der Waals surface area contributed by atoms with Crippen molar-refractivity contribution in [2.45, 2.75) is 69.8 Å². The molecule has 0 radical (unpaired) electrons. The van der Waals surface area contributed by atoms with Crippen LogP contribution in [0.25, 0.3) is 0 Å². The first-order valence-corrected chi connectivity index (χ1v) is 14.3. The summed E-state index contributed by atoms with van der Waals surface area (Å²) >= 11 is 0. The van der Waals surface area contributed by atoms with E-state index in [1.165, 1.54) is 12.1 Å². The van der Waals surface area contributed by atoms with E-state index in [1.54, 1.807) is 25.1 Å². The second-order valence-electron chi connectivity index (χ2n) is 12.0. The van der Waals surface area contributed by atoms with Gasteiger partial charge in [-0.2, -0.15) is 13.9 Å². The summed E-state index contributed by atoms with van der Waals surface area (Å²) < 4.78 is 43.5. The number of alkyl halides is 2. The van der Waals surface area contributed by atoms with Crippen LogP contribution in [-0.2, 0) is 10.7 Å². The van der Waals surface area contributed by atoms with Crippen LogP contribution in [0.3, 0.4) is 0 Å². The van der Waals surface area contributed by atoms with Crippen molar-refractivity contribution in [1.29, 1.82) is 0 Å². The molecule has 2 saturated heterocycles. The van der Waals surface area contributed by atoms with Crippen molar-refractivity contribution in [1.82, 2.24) is 20.0 Å². The monoisotopic (exact) mass is 544 g/mol. The SMILES string of the molecule is Cc1ccc(C(F)(F)CCC2CCN(C[C@H]3CN([C@H](CC4CC4)C(=O)O)C[C@@H]3c3cccc(F)c3)CC2)nn1. The van der Waals surface area contributed by atoms with Gasteiger partial charge in [0.15, 0.2) is 0 Å². The van der Waals surface area contributed by atoms with Crippen LogP contribution in [-0.4, -0.2) is 69.8 Å². The van der Waals surface area contributed by atoms with E-state index >= 15 is 0 Å². The fraction of sp³-hybridized carbons (Fsp3) is 0.633. The number of aliphatic carboxylic acids is 1. The zero-order valence-corrected chi connectivity index (χ0v) is 22.6. The number of benzene rings is 1. The highest BCUT2D eigenvalue weighted by Gasteiger charge is 2.42. The first kappa shape index (κ1) is 28.0. The molecule has 3 atom stereocenters. The summed E-state index contributed by atoms with van der Waals surface area (Å²) in [7, 11) is 0. The molecule has 2 aromatic rings. The lowest BCUT2D eigenvalue weighted by Crippen LogP contribution is -2.42. The quantitative estimate of drug-likeness (QED) is 0.404. The van der Waals surface area contributed by atoms with Crippen LogP contribution in [0, 0.1) is 30.5 Å². The third-order valence-corrected chi connectivity index (χ3v) is 8.96. The molecule has 0 unspecified atom stereocenters. The summed E-state index contributed by atoms with van der Waals surface area (Å²) in [5, 5.41) is 17.4. The number of hydrogen-bond donors (Lipinski definition) is 1. The lowest BCUT2D eigenvalue weighted by atomic mass is 9.86. The summed E-state index contributed by atoms with van der Waals surface area (Å²) in [5.74, 6) is -3.03. The Morgan fingerprint density at radius 2 is 1.85 bits per heavy atom. The summed E-state index contributed by atoms with van der Waals surface area (Å²) in [6.07, 6.45) is 4.82. The van der Waals surface area contributed by atoms with Gasteiger partial charge in [-0.25, -0.2) is 4.39 Å². The van der Waals surface area contributed by atoms with E-state index < -0.39 is 17.9 Å². The summed E-state index contributed by atoms with van der Waals surface area (Å²) in [4.78, 5) is 16.6. The van der Waals surface area contributed by atoms with Crippen LogP contribution in [0.15, 0.2) is 36.4 Å². The first-order valence-electron chi connectivity index (χ1n) is 14.3. The Morgan fingerprint density at radius 1 is 1.08 bits per heavy atom. The normalized spacial score (nSPS) is 24.2. The third-order valence-electron chi connectivity index (χ3n) is 8.96. The van der Waals surface area contributed by atoms with E-state index in [1.807, 2.05) is 6.07 Å². The van der Waals surface area contributed by atoms with Crippen LogP contribution in [0.2, 0.25) is 0 Å². The minimum absolute atomic E-state index is 0.0637. The Balaban J connectivity index is 1.18. The van der Waals surface area contributed by atoms with Crippen molar-refractivity contribution in [2.24, 2.45) is 17.8 Å². The number of likely N-dealkylation sites (tertiary alicyclic amines) is 2. The fourth-order valence-corrected chi connectivity index (χ4v) is 6.43. The van der Waals surface area contributed by atoms with Crippen LogP contribution in [0.5, 0.6) is 0 Å². The number of hydrogen-bond acceptors (Lipinski definition) is 5. The van der Waals surface area contributed by atoms with E-state index in [9.17, 15) is 23.1 Å². The molecule has 1 aromatic carbocycles. The average Bonchev–Trinajstić information content (AvgIpc) is 3.65. The molecule has 3 fully saturated rings. The molecule has 5 rings (SSSR count). The van der Waals surface area contributed by atoms with Crippen molar-refractivity contribution < 1.29 is 23.1 Å². The van der Waals surface area contributed by atoms with Crippen molar-refractivity contribution in [3.8, 4) is 0 Å². The number of nitrogens with zero attached hydrogens (tertiary/aromatic N) is 4. The molecule has 3 aliphatic rings. The van der Waals surface area contributed by atoms with Gasteiger partial charge in [0.25, 0.3) is 5.92 Å². The Morgan fingerprint density at radius 3 is 2.49 bits per heavy atom. The highest BCUT2D eigenvalue weighted by Crippen LogP contribution is 2.40. The van der Waals surface area contributed by atoms with Crippen molar-refractivity contribution in [3.05, 3.63) is 59.2 Å². The molecular weight excluding hydrogens is 505 g/mol. The topological polar surface area (TPSA) is 69.6 Å². The van der Waals surface area contributed by atoms with Gasteiger partial charge in [-0.1, -0.05) is 25.0 Å². The molecule has 0 bridgehead atoms. The predicted molar refractivity (Wildman–Crippen MR) is 142 cm³/mol. The summed E-state index contributed by atoms with van der Waals surface area (Å²) in [5.41, 5.74) is 1.28. The minimum Gasteiger partial charge on any atom is -0.480 e. The van der Waals surface area contributed by atoms with Gasteiger partial charge in [0.2, 0.25) is 0 Å². The predicted octanol–water partition coefficient (Wildman–Crippen LogP) is 5.48. The number of carboxylic acids is 1. The van der Waals surface area contributed by atoms with Gasteiger partial charge >= 0.3 is 5.97 Å². The number of halogens is 3. The third kappa shape index (κ3) is 7.17. The van der Waals surface area contributed by atoms with Crippen LogP contribution in [0.1, 0.15) is 67.8 Å². The van der Waals surface area contributed by atoms with Gasteiger partial charge in [-0.05, 0) is 93.3 Å². The second-order valence-corrected chi connectivity index (χ2v) is 12.0. The average molecular weight is 545 g/mol. The maximum Gasteiger partial charge on any atom is 0.320 e. The molecule has 2 aliphatic heterocycles. The summed E-state index contributed by atoms with van der Waals surface area (Å²) in [6, 6.07) is 9.15. The molecule has 1 N–H and O–H groups in total. The Kier molecular flexibility index (Phi) is 8.57. The van der Waals surface area contributed by atoms with Gasteiger partial charge in [0.05, 0.1) is 5.69 Å². The maximum absolute atomic E-state index is 14.7. The highest BCUT2D eigenvalue weighted by atomic mass is 19.3. The lowest BCUT2D eigenvalue weighted by Gasteiger charge is -2.35. The number of carboxylic acid groups (broad SMARTS) is 1. The molecule has 1 saturated carbocycles. The van der Waals surface area contributed by atoms with E-state index in [2.05, 4.69) is 20.0 Å². The Hall–Kier alpha value is -2.52. The molecule has 9 heteroatoms.